The van der Waals surface area contributed by atoms with E-state index < -0.39 is 0 Å². The smallest absolute Gasteiger partial charge is 0.0132 e. The Hall–Kier alpha value is -0.780. The van der Waals surface area contributed by atoms with Gasteiger partial charge < -0.3 is 0 Å². The van der Waals surface area contributed by atoms with E-state index in [0.29, 0.717) is 0 Å². The monoisotopic (exact) mass is 203 g/mol. The van der Waals surface area contributed by atoms with Crippen molar-refractivity contribution in [3.63, 3.8) is 0 Å². The first kappa shape index (κ1) is 12.3. The molecule has 0 aromatic heterocycles. The molecule has 0 bridgehead atoms. The molecule has 0 N–H and O–H groups in total. The van der Waals surface area contributed by atoms with Gasteiger partial charge in [0.05, 0.1) is 0 Å². The zero-order chi connectivity index (χ0) is 11.3. The first-order valence-electron chi connectivity index (χ1n) is 5.95. The van der Waals surface area contributed by atoms with Crippen molar-refractivity contribution < 1.29 is 0 Å². The summed E-state index contributed by atoms with van der Waals surface area (Å²) in [6.45, 7) is 8.99. The molecule has 83 valence electrons. The van der Waals surface area contributed by atoms with Crippen LogP contribution >= 0.6 is 0 Å². The highest BCUT2D eigenvalue weighted by molar-refractivity contribution is 5.28. The zero-order valence-corrected chi connectivity index (χ0v) is 10.5. The molecule has 0 heteroatoms. The molecule has 15 heavy (non-hydrogen) atoms. The highest BCUT2D eigenvalue weighted by atomic mass is 14.2. The van der Waals surface area contributed by atoms with E-state index >= 15 is 0 Å². The van der Waals surface area contributed by atoms with E-state index in [4.69, 9.17) is 0 Å². The molecular weight excluding hydrogens is 180 g/mol. The number of hydrogen-bond donors (Lipinski definition) is 0. The molecule has 0 aliphatic rings. The second-order valence-corrected chi connectivity index (χ2v) is 5.23. The van der Waals surface area contributed by atoms with Gasteiger partial charge >= 0.3 is 0 Å². The molecule has 0 amide bonds. The van der Waals surface area contributed by atoms with Crippen molar-refractivity contribution in [3.05, 3.63) is 41.8 Å². The van der Waals surface area contributed by atoms with E-state index in [1.54, 1.807) is 0 Å². The summed E-state index contributed by atoms with van der Waals surface area (Å²) >= 11 is 0. The lowest BCUT2D eigenvalue weighted by Gasteiger charge is -2.19. The van der Waals surface area contributed by atoms with Gasteiger partial charge in [0, 0.05) is 0 Å². The Labute approximate surface area is 94.7 Å². The predicted octanol–water partition coefficient (Wildman–Crippen LogP) is 4.53. The first-order chi connectivity index (χ1) is 7.04. The molecule has 0 fully saturated rings. The third kappa shape index (κ3) is 4.07. The van der Waals surface area contributed by atoms with E-state index in [0.717, 1.165) is 6.42 Å². The molecular formula is C15H23. The third-order valence-corrected chi connectivity index (χ3v) is 2.69. The van der Waals surface area contributed by atoms with Crippen molar-refractivity contribution in [1.82, 2.24) is 0 Å². The Morgan fingerprint density at radius 3 is 2.13 bits per heavy atom. The predicted molar refractivity (Wildman–Crippen MR) is 68.1 cm³/mol. The Balaban J connectivity index is 2.57. The average molecular weight is 203 g/mol. The van der Waals surface area contributed by atoms with Gasteiger partial charge in [0.1, 0.15) is 0 Å². The van der Waals surface area contributed by atoms with Gasteiger partial charge in [-0.1, -0.05) is 64.8 Å². The van der Waals surface area contributed by atoms with Crippen molar-refractivity contribution in [3.8, 4) is 0 Å². The van der Waals surface area contributed by atoms with Crippen LogP contribution in [0.15, 0.2) is 24.3 Å². The highest BCUT2D eigenvalue weighted by Crippen LogP contribution is 2.22. The summed E-state index contributed by atoms with van der Waals surface area (Å²) in [7, 11) is 0. The van der Waals surface area contributed by atoms with Crippen LogP contribution in [0.3, 0.4) is 0 Å². The molecule has 0 unspecified atom stereocenters. The van der Waals surface area contributed by atoms with E-state index in [1.165, 1.54) is 24.0 Å². The van der Waals surface area contributed by atoms with Gasteiger partial charge in [-0.05, 0) is 29.4 Å². The van der Waals surface area contributed by atoms with Gasteiger partial charge in [0.25, 0.3) is 0 Å². The van der Waals surface area contributed by atoms with E-state index in [-0.39, 0.29) is 5.41 Å². The zero-order valence-electron chi connectivity index (χ0n) is 10.5. The lowest BCUT2D eigenvalue weighted by Crippen LogP contribution is -2.10. The lowest BCUT2D eigenvalue weighted by molar-refractivity contribution is 0.590. The van der Waals surface area contributed by atoms with E-state index in [1.807, 2.05) is 0 Å². The normalized spacial score (nSPS) is 11.7. The first-order valence-corrected chi connectivity index (χ1v) is 5.95. The van der Waals surface area contributed by atoms with Crippen LogP contribution in [-0.2, 0) is 11.8 Å². The summed E-state index contributed by atoms with van der Waals surface area (Å²) in [6, 6.07) is 9.03. The SMILES string of the molecule is CCC[CH]Cc1ccc(C(C)(C)C)cc1. The fraction of sp³-hybridized carbons (Fsp3) is 0.533. The van der Waals surface area contributed by atoms with E-state index in [9.17, 15) is 0 Å². The molecule has 0 heterocycles. The van der Waals surface area contributed by atoms with Crippen LogP contribution in [0.1, 0.15) is 51.7 Å². The van der Waals surface area contributed by atoms with Crippen LogP contribution in [0.25, 0.3) is 0 Å². The molecule has 0 nitrogen and oxygen atoms in total. The van der Waals surface area contributed by atoms with E-state index in [2.05, 4.69) is 58.4 Å². The van der Waals surface area contributed by atoms with Crippen molar-refractivity contribution in [1.29, 1.82) is 0 Å². The average Bonchev–Trinajstić information content (AvgIpc) is 2.18. The van der Waals surface area contributed by atoms with Crippen molar-refractivity contribution in [2.75, 3.05) is 0 Å². The minimum Gasteiger partial charge on any atom is -0.0654 e. The van der Waals surface area contributed by atoms with Crippen molar-refractivity contribution >= 4 is 0 Å². The summed E-state index contributed by atoms with van der Waals surface area (Å²) in [6.07, 6.45) is 5.95. The summed E-state index contributed by atoms with van der Waals surface area (Å²) in [4.78, 5) is 0. The Morgan fingerprint density at radius 2 is 1.67 bits per heavy atom. The molecule has 0 spiro atoms. The minimum atomic E-state index is 0.270. The standard InChI is InChI=1S/C15H23/c1-5-6-7-8-13-9-11-14(12-10-13)15(2,3)4/h7,9-12H,5-6,8H2,1-4H3. The summed E-state index contributed by atoms with van der Waals surface area (Å²) in [5, 5.41) is 0. The van der Waals surface area contributed by atoms with Crippen LogP contribution in [0.4, 0.5) is 0 Å². The Kier molecular flexibility index (Phi) is 4.38. The van der Waals surface area contributed by atoms with Gasteiger partial charge in [0.2, 0.25) is 0 Å². The van der Waals surface area contributed by atoms with Crippen molar-refractivity contribution in [2.45, 2.75) is 52.4 Å². The molecule has 1 aromatic rings. The molecule has 1 rings (SSSR count). The quantitative estimate of drug-likeness (QED) is 0.631. The maximum atomic E-state index is 2.37. The maximum absolute atomic E-state index is 2.37. The van der Waals surface area contributed by atoms with Gasteiger partial charge in [-0.15, -0.1) is 0 Å². The molecule has 0 aliphatic carbocycles. The minimum absolute atomic E-state index is 0.270. The van der Waals surface area contributed by atoms with Gasteiger partial charge in [-0.2, -0.15) is 0 Å². The van der Waals surface area contributed by atoms with Gasteiger partial charge in [-0.25, -0.2) is 0 Å². The van der Waals surface area contributed by atoms with Crippen molar-refractivity contribution in [2.24, 2.45) is 0 Å². The number of hydrogen-bond acceptors (Lipinski definition) is 0. The van der Waals surface area contributed by atoms with Gasteiger partial charge in [0.15, 0.2) is 0 Å². The molecule has 1 radical (unpaired) electrons. The van der Waals surface area contributed by atoms with Crippen LogP contribution in [0.5, 0.6) is 0 Å². The summed E-state index contributed by atoms with van der Waals surface area (Å²) in [5.41, 5.74) is 3.12. The second kappa shape index (κ2) is 5.34. The topological polar surface area (TPSA) is 0 Å². The maximum Gasteiger partial charge on any atom is -0.0132 e. The lowest BCUT2D eigenvalue weighted by atomic mass is 9.86. The fourth-order valence-corrected chi connectivity index (χ4v) is 1.61. The molecule has 0 aliphatic heterocycles. The molecule has 0 saturated carbocycles. The molecule has 1 aromatic carbocycles. The molecule has 0 atom stereocenters. The number of benzene rings is 1. The third-order valence-electron chi connectivity index (χ3n) is 2.69. The van der Waals surface area contributed by atoms with Crippen LogP contribution in [-0.4, -0.2) is 0 Å². The molecule has 0 saturated heterocycles. The number of unbranched alkanes of at least 4 members (excludes halogenated alkanes) is 2. The summed E-state index contributed by atoms with van der Waals surface area (Å²) < 4.78 is 0. The Bertz CT molecular complexity index is 274. The van der Waals surface area contributed by atoms with Gasteiger partial charge in [-0.3, -0.25) is 0 Å². The van der Waals surface area contributed by atoms with Crippen LogP contribution in [0, 0.1) is 6.42 Å². The second-order valence-electron chi connectivity index (χ2n) is 5.23. The number of rotatable bonds is 4. The van der Waals surface area contributed by atoms with Crippen LogP contribution in [0.2, 0.25) is 0 Å². The highest BCUT2D eigenvalue weighted by Gasteiger charge is 2.12. The summed E-state index contributed by atoms with van der Waals surface area (Å²) in [5.74, 6) is 0. The fourth-order valence-electron chi connectivity index (χ4n) is 1.61. The largest absolute Gasteiger partial charge is 0.0654 e. The Morgan fingerprint density at radius 1 is 1.07 bits per heavy atom. The van der Waals surface area contributed by atoms with Crippen LogP contribution < -0.4 is 0 Å².